The third-order valence-corrected chi connectivity index (χ3v) is 6.17. The molecule has 0 bridgehead atoms. The first-order valence-electron chi connectivity index (χ1n) is 9.97. The Balaban J connectivity index is 1.80. The molecule has 0 radical (unpaired) electrons. The Morgan fingerprint density at radius 3 is 2.63 bits per heavy atom. The molecule has 1 aromatic carbocycles. The maximum absolute atomic E-state index is 12.5. The molecule has 0 aliphatic carbocycles. The zero-order valence-corrected chi connectivity index (χ0v) is 18.4. The van der Waals surface area contributed by atoms with E-state index in [1.807, 2.05) is 19.9 Å². The molecule has 1 amide bonds. The van der Waals surface area contributed by atoms with Crippen molar-refractivity contribution in [2.24, 2.45) is 0 Å². The molecule has 8 nitrogen and oxygen atoms in total. The molecule has 0 saturated carbocycles. The van der Waals surface area contributed by atoms with Gasteiger partial charge in [0.1, 0.15) is 6.07 Å². The minimum absolute atomic E-state index is 0.0698. The highest BCUT2D eigenvalue weighted by Gasteiger charge is 2.23. The molecule has 0 unspecified atom stereocenters. The van der Waals surface area contributed by atoms with Gasteiger partial charge in [-0.05, 0) is 43.5 Å². The number of nitrogens with one attached hydrogen (secondary N) is 1. The highest BCUT2D eigenvalue weighted by Crippen LogP contribution is 2.32. The summed E-state index contributed by atoms with van der Waals surface area (Å²) in [4.78, 5) is 20.9. The van der Waals surface area contributed by atoms with Crippen LogP contribution >= 0.6 is 0 Å². The van der Waals surface area contributed by atoms with Crippen LogP contribution in [-0.4, -0.2) is 63.2 Å². The van der Waals surface area contributed by atoms with E-state index in [2.05, 4.69) is 26.7 Å². The Hall–Kier alpha value is -2.70. The van der Waals surface area contributed by atoms with Gasteiger partial charge in [0.15, 0.2) is 0 Å². The first-order chi connectivity index (χ1) is 14.2. The van der Waals surface area contributed by atoms with Crippen LogP contribution in [0, 0.1) is 25.2 Å². The van der Waals surface area contributed by atoms with Crippen molar-refractivity contribution in [3.8, 4) is 6.07 Å². The number of hydrogen-bond donors (Lipinski definition) is 1. The number of fused-ring (bicyclic) bond motifs is 1. The lowest BCUT2D eigenvalue weighted by molar-refractivity contribution is -0.130. The van der Waals surface area contributed by atoms with Crippen LogP contribution in [0.1, 0.15) is 29.5 Å². The van der Waals surface area contributed by atoms with Crippen molar-refractivity contribution in [1.82, 2.24) is 14.6 Å². The number of carbonyl (C=O) groups excluding carboxylic acids is 1. The minimum atomic E-state index is -3.30. The average molecular weight is 430 g/mol. The highest BCUT2D eigenvalue weighted by molar-refractivity contribution is 7.88. The first-order valence-corrected chi connectivity index (χ1v) is 11.9. The van der Waals surface area contributed by atoms with Gasteiger partial charge in [-0.3, -0.25) is 9.78 Å². The molecule has 1 saturated heterocycles. The summed E-state index contributed by atoms with van der Waals surface area (Å²) in [6, 6.07) is 6.39. The van der Waals surface area contributed by atoms with Gasteiger partial charge in [0, 0.05) is 50.7 Å². The quantitative estimate of drug-likeness (QED) is 0.775. The van der Waals surface area contributed by atoms with E-state index >= 15 is 0 Å². The van der Waals surface area contributed by atoms with Gasteiger partial charge in [-0.15, -0.1) is 0 Å². The van der Waals surface area contributed by atoms with Crippen molar-refractivity contribution in [3.05, 3.63) is 35.0 Å². The zero-order valence-electron chi connectivity index (χ0n) is 17.6. The summed E-state index contributed by atoms with van der Waals surface area (Å²) in [5.74, 6) is -0.0698. The van der Waals surface area contributed by atoms with Crippen molar-refractivity contribution >= 4 is 32.5 Å². The molecule has 2 heterocycles. The summed E-state index contributed by atoms with van der Waals surface area (Å²) in [7, 11) is -3.30. The van der Waals surface area contributed by atoms with E-state index in [0.717, 1.165) is 46.9 Å². The number of sulfonamides is 1. The van der Waals surface area contributed by atoms with Gasteiger partial charge in [0.05, 0.1) is 23.0 Å². The van der Waals surface area contributed by atoms with Gasteiger partial charge in [-0.25, -0.2) is 13.1 Å². The average Bonchev–Trinajstić information content (AvgIpc) is 2.93. The first kappa shape index (κ1) is 22.0. The fourth-order valence-corrected chi connectivity index (χ4v) is 4.23. The van der Waals surface area contributed by atoms with E-state index in [9.17, 15) is 18.5 Å². The summed E-state index contributed by atoms with van der Waals surface area (Å²) in [6.07, 6.45) is 3.60. The molecule has 0 spiro atoms. The van der Waals surface area contributed by atoms with Crippen molar-refractivity contribution in [2.75, 3.05) is 43.9 Å². The van der Waals surface area contributed by atoms with Crippen LogP contribution in [0.2, 0.25) is 0 Å². The maximum Gasteiger partial charge on any atom is 0.223 e. The normalized spacial score (nSPS) is 15.1. The van der Waals surface area contributed by atoms with Gasteiger partial charge in [-0.2, -0.15) is 5.26 Å². The maximum atomic E-state index is 12.5. The molecule has 30 heavy (non-hydrogen) atoms. The van der Waals surface area contributed by atoms with E-state index in [1.165, 1.54) is 0 Å². The predicted octanol–water partition coefficient (Wildman–Crippen LogP) is 1.70. The molecule has 160 valence electrons. The molecular formula is C21H27N5O3S. The van der Waals surface area contributed by atoms with Crippen molar-refractivity contribution < 1.29 is 13.2 Å². The van der Waals surface area contributed by atoms with Crippen LogP contribution in [0.4, 0.5) is 5.69 Å². The number of hydrogen-bond acceptors (Lipinski definition) is 6. The van der Waals surface area contributed by atoms with Gasteiger partial charge < -0.3 is 9.80 Å². The number of nitrogens with zero attached hydrogens (tertiary/aromatic N) is 4. The second-order valence-electron chi connectivity index (χ2n) is 7.72. The highest BCUT2D eigenvalue weighted by atomic mass is 32.2. The Labute approximate surface area is 177 Å². The Bertz CT molecular complexity index is 1110. The molecule has 1 N–H and O–H groups in total. The number of benzene rings is 1. The molecule has 0 atom stereocenters. The van der Waals surface area contributed by atoms with Crippen LogP contribution in [-0.2, 0) is 14.8 Å². The van der Waals surface area contributed by atoms with Crippen LogP contribution in [0.25, 0.3) is 10.9 Å². The lowest BCUT2D eigenvalue weighted by Crippen LogP contribution is -2.37. The number of nitriles is 1. The summed E-state index contributed by atoms with van der Waals surface area (Å²) < 4.78 is 24.7. The predicted molar refractivity (Wildman–Crippen MR) is 117 cm³/mol. The molecule has 1 aliphatic heterocycles. The standard InChI is InChI=1S/C21H27N5O3S/c1-15-11-18-19(12-16(15)2)23-14-17(13-22)21(18)26-8-4-7-25(9-10-26)20(27)5-6-24-30(3,28)29/h11-12,14,24H,4-10H2,1-3H3. The molecule has 3 rings (SSSR count). The van der Waals surface area contributed by atoms with Crippen LogP contribution in [0.5, 0.6) is 0 Å². The topological polar surface area (TPSA) is 106 Å². The number of carbonyl (C=O) groups is 1. The Morgan fingerprint density at radius 1 is 1.20 bits per heavy atom. The number of rotatable bonds is 5. The van der Waals surface area contributed by atoms with Gasteiger partial charge >= 0.3 is 0 Å². The smallest absolute Gasteiger partial charge is 0.223 e. The van der Waals surface area contributed by atoms with E-state index in [0.29, 0.717) is 25.2 Å². The van der Waals surface area contributed by atoms with E-state index in [-0.39, 0.29) is 18.9 Å². The molecule has 1 aromatic heterocycles. The third kappa shape index (κ3) is 5.07. The number of amides is 1. The second-order valence-corrected chi connectivity index (χ2v) is 9.56. The van der Waals surface area contributed by atoms with Gasteiger partial charge in [-0.1, -0.05) is 0 Å². The largest absolute Gasteiger partial charge is 0.368 e. The molecule has 9 heteroatoms. The number of pyridine rings is 1. The third-order valence-electron chi connectivity index (χ3n) is 5.44. The Kier molecular flexibility index (Phi) is 6.58. The van der Waals surface area contributed by atoms with E-state index < -0.39 is 10.0 Å². The van der Waals surface area contributed by atoms with Crippen molar-refractivity contribution in [3.63, 3.8) is 0 Å². The minimum Gasteiger partial charge on any atom is -0.368 e. The van der Waals surface area contributed by atoms with Gasteiger partial charge in [0.25, 0.3) is 0 Å². The summed E-state index contributed by atoms with van der Waals surface area (Å²) in [5, 5.41) is 10.6. The Morgan fingerprint density at radius 2 is 1.93 bits per heavy atom. The summed E-state index contributed by atoms with van der Waals surface area (Å²) in [5.41, 5.74) is 4.56. The summed E-state index contributed by atoms with van der Waals surface area (Å²) in [6.45, 7) is 6.66. The zero-order chi connectivity index (χ0) is 21.9. The van der Waals surface area contributed by atoms with Crippen molar-refractivity contribution in [1.29, 1.82) is 5.26 Å². The SMILES string of the molecule is Cc1cc2ncc(C#N)c(N3CCCN(C(=O)CCNS(C)(=O)=O)CC3)c2cc1C. The molecule has 1 fully saturated rings. The van der Waals surface area contributed by atoms with E-state index in [4.69, 9.17) is 0 Å². The van der Waals surface area contributed by atoms with E-state index in [1.54, 1.807) is 11.1 Å². The fourth-order valence-electron chi connectivity index (χ4n) is 3.75. The lowest BCUT2D eigenvalue weighted by Gasteiger charge is -2.26. The van der Waals surface area contributed by atoms with Crippen LogP contribution in [0.3, 0.4) is 0 Å². The van der Waals surface area contributed by atoms with Crippen LogP contribution < -0.4 is 9.62 Å². The molecular weight excluding hydrogens is 402 g/mol. The number of aromatic nitrogens is 1. The summed E-state index contributed by atoms with van der Waals surface area (Å²) >= 11 is 0. The molecule has 1 aliphatic rings. The van der Waals surface area contributed by atoms with Gasteiger partial charge in [0.2, 0.25) is 15.9 Å². The monoisotopic (exact) mass is 429 g/mol. The second kappa shape index (κ2) is 8.98. The number of aryl methyl sites for hydroxylation is 2. The fraction of sp³-hybridized carbons (Fsp3) is 0.476. The van der Waals surface area contributed by atoms with Crippen LogP contribution in [0.15, 0.2) is 18.3 Å². The lowest BCUT2D eigenvalue weighted by atomic mass is 10.0. The van der Waals surface area contributed by atoms with Crippen molar-refractivity contribution in [2.45, 2.75) is 26.7 Å². The number of anilines is 1. The molecule has 2 aromatic rings.